The van der Waals surface area contributed by atoms with Gasteiger partial charge >= 0.3 is 0 Å². The standard InChI is InChI=1S/C18H19NO6/c1-21-15-8-12(9-16(22-2)18(15)23-3)19-17(20)7-11-4-5-13-14(6-11)25-10-24-13/h4-6,8-9H,7,10H2,1-3H3,(H,19,20). The van der Waals surface area contributed by atoms with Gasteiger partial charge in [0.05, 0.1) is 27.8 Å². The van der Waals surface area contributed by atoms with Crippen molar-refractivity contribution >= 4 is 11.6 Å². The minimum atomic E-state index is -0.173. The lowest BCUT2D eigenvalue weighted by Gasteiger charge is -2.14. The molecule has 2 aromatic carbocycles. The third-order valence-corrected chi connectivity index (χ3v) is 3.75. The first-order valence-electron chi connectivity index (χ1n) is 7.63. The maximum absolute atomic E-state index is 12.3. The molecule has 25 heavy (non-hydrogen) atoms. The molecule has 0 fully saturated rings. The van der Waals surface area contributed by atoms with Gasteiger partial charge in [-0.15, -0.1) is 0 Å². The molecule has 7 heteroatoms. The van der Waals surface area contributed by atoms with Gasteiger partial charge in [0.15, 0.2) is 23.0 Å². The molecule has 3 rings (SSSR count). The van der Waals surface area contributed by atoms with E-state index in [2.05, 4.69) is 5.32 Å². The monoisotopic (exact) mass is 345 g/mol. The molecule has 1 aliphatic rings. The second-order valence-corrected chi connectivity index (χ2v) is 5.33. The zero-order valence-electron chi connectivity index (χ0n) is 14.3. The van der Waals surface area contributed by atoms with E-state index >= 15 is 0 Å². The maximum Gasteiger partial charge on any atom is 0.231 e. The van der Waals surface area contributed by atoms with Crippen molar-refractivity contribution in [2.24, 2.45) is 0 Å². The lowest BCUT2D eigenvalue weighted by Crippen LogP contribution is -2.14. The summed E-state index contributed by atoms with van der Waals surface area (Å²) in [5.41, 5.74) is 1.38. The van der Waals surface area contributed by atoms with E-state index in [4.69, 9.17) is 23.7 Å². The van der Waals surface area contributed by atoms with Crippen LogP contribution < -0.4 is 29.0 Å². The quantitative estimate of drug-likeness (QED) is 0.867. The molecular formula is C18H19NO6. The van der Waals surface area contributed by atoms with Crippen LogP contribution in [0.15, 0.2) is 30.3 Å². The van der Waals surface area contributed by atoms with Crippen LogP contribution in [0.5, 0.6) is 28.7 Å². The van der Waals surface area contributed by atoms with Crippen LogP contribution in [0.4, 0.5) is 5.69 Å². The number of carbonyl (C=O) groups excluding carboxylic acids is 1. The fourth-order valence-corrected chi connectivity index (χ4v) is 2.59. The molecule has 1 amide bonds. The molecule has 132 valence electrons. The normalized spacial score (nSPS) is 11.8. The highest BCUT2D eigenvalue weighted by Crippen LogP contribution is 2.40. The van der Waals surface area contributed by atoms with Crippen LogP contribution in [0.3, 0.4) is 0 Å². The van der Waals surface area contributed by atoms with Crippen LogP contribution in [0.25, 0.3) is 0 Å². The number of anilines is 1. The van der Waals surface area contributed by atoms with E-state index in [0.29, 0.717) is 34.4 Å². The minimum Gasteiger partial charge on any atom is -0.493 e. The third kappa shape index (κ3) is 3.55. The minimum absolute atomic E-state index is 0.173. The van der Waals surface area contributed by atoms with E-state index in [1.165, 1.54) is 21.3 Å². The predicted octanol–water partition coefficient (Wildman–Crippen LogP) is 2.62. The van der Waals surface area contributed by atoms with Gasteiger partial charge in [0.25, 0.3) is 0 Å². The molecule has 0 bridgehead atoms. The molecule has 0 spiro atoms. The summed E-state index contributed by atoms with van der Waals surface area (Å²) in [5.74, 6) is 2.58. The van der Waals surface area contributed by atoms with Gasteiger partial charge < -0.3 is 29.0 Å². The molecule has 1 heterocycles. The van der Waals surface area contributed by atoms with Gasteiger partial charge in [-0.2, -0.15) is 0 Å². The summed E-state index contributed by atoms with van der Waals surface area (Å²) >= 11 is 0. The first-order chi connectivity index (χ1) is 12.1. The van der Waals surface area contributed by atoms with E-state index in [1.54, 1.807) is 24.3 Å². The lowest BCUT2D eigenvalue weighted by molar-refractivity contribution is -0.115. The van der Waals surface area contributed by atoms with Crippen molar-refractivity contribution in [3.8, 4) is 28.7 Å². The van der Waals surface area contributed by atoms with E-state index in [-0.39, 0.29) is 19.1 Å². The number of benzene rings is 2. The highest BCUT2D eigenvalue weighted by atomic mass is 16.7. The Morgan fingerprint density at radius 2 is 1.68 bits per heavy atom. The van der Waals surface area contributed by atoms with Gasteiger partial charge in [0.1, 0.15) is 0 Å². The Hall–Kier alpha value is -3.09. The Morgan fingerprint density at radius 1 is 1.00 bits per heavy atom. The number of fused-ring (bicyclic) bond motifs is 1. The molecule has 2 aromatic rings. The molecule has 1 aliphatic heterocycles. The smallest absolute Gasteiger partial charge is 0.231 e. The van der Waals surface area contributed by atoms with E-state index in [0.717, 1.165) is 5.56 Å². The predicted molar refractivity (Wildman–Crippen MR) is 91.0 cm³/mol. The zero-order valence-corrected chi connectivity index (χ0v) is 14.3. The van der Waals surface area contributed by atoms with Crippen molar-refractivity contribution < 1.29 is 28.5 Å². The molecule has 0 radical (unpaired) electrons. The largest absolute Gasteiger partial charge is 0.493 e. The Labute approximate surface area is 145 Å². The second-order valence-electron chi connectivity index (χ2n) is 5.33. The average molecular weight is 345 g/mol. The van der Waals surface area contributed by atoms with Crippen LogP contribution in [0.1, 0.15) is 5.56 Å². The molecular weight excluding hydrogens is 326 g/mol. The number of ether oxygens (including phenoxy) is 5. The maximum atomic E-state index is 12.3. The average Bonchev–Trinajstić information content (AvgIpc) is 3.08. The van der Waals surface area contributed by atoms with Gasteiger partial charge in [-0.05, 0) is 17.7 Å². The number of nitrogens with one attached hydrogen (secondary N) is 1. The molecule has 0 unspecified atom stereocenters. The Morgan fingerprint density at radius 3 is 2.32 bits per heavy atom. The zero-order chi connectivity index (χ0) is 17.8. The number of hydrogen-bond donors (Lipinski definition) is 1. The van der Waals surface area contributed by atoms with E-state index in [1.807, 2.05) is 6.07 Å². The van der Waals surface area contributed by atoms with Gasteiger partial charge in [0, 0.05) is 17.8 Å². The lowest BCUT2D eigenvalue weighted by atomic mass is 10.1. The second kappa shape index (κ2) is 7.21. The Balaban J connectivity index is 1.74. The number of hydrogen-bond acceptors (Lipinski definition) is 6. The van der Waals surface area contributed by atoms with Crippen molar-refractivity contribution in [3.63, 3.8) is 0 Å². The first kappa shape index (κ1) is 16.8. The van der Waals surface area contributed by atoms with Gasteiger partial charge in [-0.3, -0.25) is 4.79 Å². The van der Waals surface area contributed by atoms with Crippen molar-refractivity contribution in [3.05, 3.63) is 35.9 Å². The SMILES string of the molecule is COc1cc(NC(=O)Cc2ccc3c(c2)OCO3)cc(OC)c1OC. The number of methoxy groups -OCH3 is 3. The highest BCUT2D eigenvalue weighted by Gasteiger charge is 2.16. The molecule has 0 saturated carbocycles. The number of rotatable bonds is 6. The molecule has 1 N–H and O–H groups in total. The highest BCUT2D eigenvalue weighted by molar-refractivity contribution is 5.93. The van der Waals surface area contributed by atoms with Gasteiger partial charge in [0.2, 0.25) is 18.4 Å². The van der Waals surface area contributed by atoms with E-state index in [9.17, 15) is 4.79 Å². The Kier molecular flexibility index (Phi) is 4.83. The summed E-state index contributed by atoms with van der Waals surface area (Å²) in [6.07, 6.45) is 0.202. The van der Waals surface area contributed by atoms with Crippen molar-refractivity contribution in [1.29, 1.82) is 0 Å². The molecule has 0 aliphatic carbocycles. The van der Waals surface area contributed by atoms with Crippen molar-refractivity contribution in [1.82, 2.24) is 0 Å². The molecule has 0 aromatic heterocycles. The topological polar surface area (TPSA) is 75.3 Å². The van der Waals surface area contributed by atoms with Crippen LogP contribution in [-0.2, 0) is 11.2 Å². The fraction of sp³-hybridized carbons (Fsp3) is 0.278. The van der Waals surface area contributed by atoms with Crippen LogP contribution >= 0.6 is 0 Å². The summed E-state index contributed by atoms with van der Waals surface area (Å²) in [6, 6.07) is 8.79. The van der Waals surface area contributed by atoms with Crippen LogP contribution in [0.2, 0.25) is 0 Å². The molecule has 7 nitrogen and oxygen atoms in total. The summed E-state index contributed by atoms with van der Waals surface area (Å²) in [5, 5.41) is 2.83. The molecule has 0 atom stereocenters. The van der Waals surface area contributed by atoms with Crippen molar-refractivity contribution in [2.75, 3.05) is 33.4 Å². The summed E-state index contributed by atoms with van der Waals surface area (Å²) < 4.78 is 26.4. The number of carbonyl (C=O) groups is 1. The third-order valence-electron chi connectivity index (χ3n) is 3.75. The number of amides is 1. The summed E-state index contributed by atoms with van der Waals surface area (Å²) in [6.45, 7) is 0.205. The van der Waals surface area contributed by atoms with Crippen LogP contribution in [-0.4, -0.2) is 34.0 Å². The fourth-order valence-electron chi connectivity index (χ4n) is 2.59. The first-order valence-corrected chi connectivity index (χ1v) is 7.63. The van der Waals surface area contributed by atoms with Crippen LogP contribution in [0, 0.1) is 0 Å². The molecule has 0 saturated heterocycles. The van der Waals surface area contributed by atoms with Gasteiger partial charge in [-0.25, -0.2) is 0 Å². The summed E-state index contributed by atoms with van der Waals surface area (Å²) in [7, 11) is 4.57. The Bertz CT molecular complexity index is 764. The van der Waals surface area contributed by atoms with E-state index < -0.39 is 0 Å². The summed E-state index contributed by atoms with van der Waals surface area (Å²) in [4.78, 5) is 12.3. The van der Waals surface area contributed by atoms with Gasteiger partial charge in [-0.1, -0.05) is 6.07 Å². The van der Waals surface area contributed by atoms with Crippen molar-refractivity contribution in [2.45, 2.75) is 6.42 Å².